The van der Waals surface area contributed by atoms with Crippen molar-refractivity contribution in [3.8, 4) is 0 Å². The zero-order chi connectivity index (χ0) is 46.5. The van der Waals surface area contributed by atoms with E-state index in [1.165, 1.54) is 238 Å². The van der Waals surface area contributed by atoms with Crippen LogP contribution in [0.1, 0.15) is 335 Å². The van der Waals surface area contributed by atoms with Crippen LogP contribution >= 0.6 is 0 Å². The third-order valence-corrected chi connectivity index (χ3v) is 13.4. The van der Waals surface area contributed by atoms with Crippen LogP contribution in [0.15, 0.2) is 0 Å². The Morgan fingerprint density at radius 2 is 0.422 bits per heavy atom. The standard InChI is InChI=1S/C58H112O6/c1-4-7-10-13-16-19-22-24-26-28-30-32-34-37-40-43-46-49-52-58(61)64-55(53-62-56(59)50-47-44-41-38-35-21-18-15-12-9-6-3)54-63-57(60)51-48-45-42-39-36-33-31-29-27-25-23-20-17-14-11-8-5-2/h55H,4-54H2,1-3H3/t55-/m0/s1. The SMILES string of the molecule is CCCCCCCCCCCCCCCCCCCCC(=O)O[C@@H](COC(=O)CCCCCCCCCCCCC)COC(=O)CCCCCCCCCCCCCCCCCCC. The van der Waals surface area contributed by atoms with Gasteiger partial charge in [-0.15, -0.1) is 0 Å². The summed E-state index contributed by atoms with van der Waals surface area (Å²) in [5, 5.41) is 0. The lowest BCUT2D eigenvalue weighted by atomic mass is 10.0. The van der Waals surface area contributed by atoms with Crippen LogP contribution in [0.5, 0.6) is 0 Å². The molecule has 6 nitrogen and oxygen atoms in total. The number of carbonyl (C=O) groups excluding carboxylic acids is 3. The highest BCUT2D eigenvalue weighted by molar-refractivity contribution is 5.71. The average Bonchev–Trinajstić information content (AvgIpc) is 3.29. The lowest BCUT2D eigenvalue weighted by Crippen LogP contribution is -2.30. The van der Waals surface area contributed by atoms with Gasteiger partial charge in [0.05, 0.1) is 0 Å². The number of hydrogen-bond donors (Lipinski definition) is 0. The zero-order valence-electron chi connectivity index (χ0n) is 43.6. The second kappa shape index (κ2) is 54.0. The molecule has 0 saturated heterocycles. The Morgan fingerprint density at radius 3 is 0.625 bits per heavy atom. The molecular weight excluding hydrogens is 793 g/mol. The van der Waals surface area contributed by atoms with Crippen LogP contribution in [0.2, 0.25) is 0 Å². The molecule has 0 radical (unpaired) electrons. The average molecular weight is 906 g/mol. The first kappa shape index (κ1) is 62.4. The van der Waals surface area contributed by atoms with E-state index >= 15 is 0 Å². The van der Waals surface area contributed by atoms with Crippen molar-refractivity contribution >= 4 is 17.9 Å². The fourth-order valence-electron chi connectivity index (χ4n) is 8.98. The molecule has 0 heterocycles. The Kier molecular flexibility index (Phi) is 52.7. The summed E-state index contributed by atoms with van der Waals surface area (Å²) in [5.41, 5.74) is 0. The van der Waals surface area contributed by atoms with Gasteiger partial charge in [0.1, 0.15) is 13.2 Å². The Morgan fingerprint density at radius 1 is 0.250 bits per heavy atom. The van der Waals surface area contributed by atoms with Crippen LogP contribution in [0.25, 0.3) is 0 Å². The maximum Gasteiger partial charge on any atom is 0.306 e. The summed E-state index contributed by atoms with van der Waals surface area (Å²) in [4.78, 5) is 38.1. The fourth-order valence-corrected chi connectivity index (χ4v) is 8.98. The van der Waals surface area contributed by atoms with E-state index in [2.05, 4.69) is 20.8 Å². The predicted molar refractivity (Wildman–Crippen MR) is 275 cm³/mol. The lowest BCUT2D eigenvalue weighted by Gasteiger charge is -2.18. The summed E-state index contributed by atoms with van der Waals surface area (Å²) in [5.74, 6) is -0.833. The molecule has 6 heteroatoms. The minimum Gasteiger partial charge on any atom is -0.462 e. The largest absolute Gasteiger partial charge is 0.462 e. The Labute approximate surface area is 399 Å². The van der Waals surface area contributed by atoms with Crippen LogP contribution in [0.4, 0.5) is 0 Å². The highest BCUT2D eigenvalue weighted by Crippen LogP contribution is 2.18. The van der Waals surface area contributed by atoms with Crippen molar-refractivity contribution in [2.24, 2.45) is 0 Å². The molecule has 0 bridgehead atoms. The molecule has 0 unspecified atom stereocenters. The van der Waals surface area contributed by atoms with E-state index in [4.69, 9.17) is 14.2 Å². The first-order valence-electron chi connectivity index (χ1n) is 29.0. The van der Waals surface area contributed by atoms with Gasteiger partial charge in [-0.1, -0.05) is 297 Å². The first-order chi connectivity index (χ1) is 31.5. The summed E-state index contributed by atoms with van der Waals surface area (Å²) in [6.07, 6.45) is 59.5. The second-order valence-electron chi connectivity index (χ2n) is 19.9. The van der Waals surface area contributed by atoms with Crippen molar-refractivity contribution in [1.29, 1.82) is 0 Å². The van der Waals surface area contributed by atoms with E-state index in [1.807, 2.05) is 0 Å². The van der Waals surface area contributed by atoms with Gasteiger partial charge in [0.25, 0.3) is 0 Å². The van der Waals surface area contributed by atoms with Crippen molar-refractivity contribution < 1.29 is 28.6 Å². The van der Waals surface area contributed by atoms with Crippen molar-refractivity contribution in [3.63, 3.8) is 0 Å². The van der Waals surface area contributed by atoms with E-state index in [-0.39, 0.29) is 31.1 Å². The minimum atomic E-state index is -0.760. The molecular formula is C58H112O6. The Bertz CT molecular complexity index is 951. The molecule has 0 N–H and O–H groups in total. The molecule has 0 amide bonds. The van der Waals surface area contributed by atoms with E-state index < -0.39 is 6.10 Å². The van der Waals surface area contributed by atoms with Crippen molar-refractivity contribution in [2.45, 2.75) is 341 Å². The molecule has 64 heavy (non-hydrogen) atoms. The van der Waals surface area contributed by atoms with Crippen LogP contribution in [0.3, 0.4) is 0 Å². The maximum atomic E-state index is 12.8. The molecule has 1 atom stereocenters. The van der Waals surface area contributed by atoms with Gasteiger partial charge >= 0.3 is 17.9 Å². The van der Waals surface area contributed by atoms with Gasteiger partial charge in [-0.3, -0.25) is 14.4 Å². The molecule has 0 rings (SSSR count). The second-order valence-corrected chi connectivity index (χ2v) is 19.9. The topological polar surface area (TPSA) is 78.9 Å². The molecule has 380 valence electrons. The number of unbranched alkanes of at least 4 members (excludes halogenated alkanes) is 43. The molecule has 0 aromatic rings. The van der Waals surface area contributed by atoms with E-state index in [0.717, 1.165) is 57.8 Å². The normalized spacial score (nSPS) is 11.9. The van der Waals surface area contributed by atoms with Crippen LogP contribution in [-0.4, -0.2) is 37.2 Å². The molecule has 0 saturated carbocycles. The maximum absolute atomic E-state index is 12.8. The van der Waals surface area contributed by atoms with E-state index in [1.54, 1.807) is 0 Å². The third-order valence-electron chi connectivity index (χ3n) is 13.4. The predicted octanol–water partition coefficient (Wildman–Crippen LogP) is 19.2. The van der Waals surface area contributed by atoms with Gasteiger partial charge in [-0.25, -0.2) is 0 Å². The van der Waals surface area contributed by atoms with E-state index in [0.29, 0.717) is 19.3 Å². The zero-order valence-corrected chi connectivity index (χ0v) is 43.6. The van der Waals surface area contributed by atoms with Gasteiger partial charge in [0.15, 0.2) is 6.10 Å². The van der Waals surface area contributed by atoms with Gasteiger partial charge in [-0.05, 0) is 19.3 Å². The number of rotatable bonds is 54. The fraction of sp³-hybridized carbons (Fsp3) is 0.948. The molecule has 0 aliphatic rings. The smallest absolute Gasteiger partial charge is 0.306 e. The summed E-state index contributed by atoms with van der Waals surface area (Å²) in [6.45, 7) is 6.70. The van der Waals surface area contributed by atoms with Crippen LogP contribution < -0.4 is 0 Å². The molecule has 0 aliphatic heterocycles. The third kappa shape index (κ3) is 51.4. The highest BCUT2D eigenvalue weighted by atomic mass is 16.6. The molecule has 0 aromatic carbocycles. The monoisotopic (exact) mass is 905 g/mol. The number of hydrogen-bond acceptors (Lipinski definition) is 6. The van der Waals surface area contributed by atoms with E-state index in [9.17, 15) is 14.4 Å². The van der Waals surface area contributed by atoms with Gasteiger partial charge in [0.2, 0.25) is 0 Å². The summed E-state index contributed by atoms with van der Waals surface area (Å²) in [6, 6.07) is 0. The molecule has 0 aromatic heterocycles. The molecule has 0 spiro atoms. The Balaban J connectivity index is 4.25. The summed E-state index contributed by atoms with van der Waals surface area (Å²) < 4.78 is 16.9. The van der Waals surface area contributed by atoms with Gasteiger partial charge < -0.3 is 14.2 Å². The van der Waals surface area contributed by atoms with Crippen LogP contribution in [-0.2, 0) is 28.6 Å². The van der Waals surface area contributed by atoms with Crippen molar-refractivity contribution in [1.82, 2.24) is 0 Å². The van der Waals surface area contributed by atoms with Crippen molar-refractivity contribution in [3.05, 3.63) is 0 Å². The van der Waals surface area contributed by atoms with Crippen LogP contribution in [0, 0.1) is 0 Å². The minimum absolute atomic E-state index is 0.0611. The van der Waals surface area contributed by atoms with Crippen molar-refractivity contribution in [2.75, 3.05) is 13.2 Å². The number of esters is 3. The van der Waals surface area contributed by atoms with Gasteiger partial charge in [-0.2, -0.15) is 0 Å². The highest BCUT2D eigenvalue weighted by Gasteiger charge is 2.19. The first-order valence-corrected chi connectivity index (χ1v) is 29.0. The van der Waals surface area contributed by atoms with Gasteiger partial charge in [0, 0.05) is 19.3 Å². The summed E-state index contributed by atoms with van der Waals surface area (Å²) >= 11 is 0. The Hall–Kier alpha value is -1.59. The quantitative estimate of drug-likeness (QED) is 0.0344. The lowest BCUT2D eigenvalue weighted by molar-refractivity contribution is -0.167. The summed E-state index contributed by atoms with van der Waals surface area (Å²) in [7, 11) is 0. The molecule has 0 aliphatic carbocycles. The molecule has 0 fully saturated rings. The number of ether oxygens (including phenoxy) is 3. The number of carbonyl (C=O) groups is 3.